The van der Waals surface area contributed by atoms with Crippen LogP contribution in [0.4, 0.5) is 5.69 Å². The van der Waals surface area contributed by atoms with Gasteiger partial charge in [-0.15, -0.1) is 0 Å². The molecule has 2 aromatic rings. The normalized spacial score (nSPS) is 10.0. The van der Waals surface area contributed by atoms with Crippen molar-refractivity contribution in [3.63, 3.8) is 0 Å². The summed E-state index contributed by atoms with van der Waals surface area (Å²) < 4.78 is 10.4. The minimum atomic E-state index is -0.413. The van der Waals surface area contributed by atoms with Gasteiger partial charge >= 0.3 is 5.97 Å². The van der Waals surface area contributed by atoms with Gasteiger partial charge in [0.15, 0.2) is 0 Å². The number of hydrogen-bond acceptors (Lipinski definition) is 4. The van der Waals surface area contributed by atoms with E-state index in [1.54, 1.807) is 48.5 Å². The van der Waals surface area contributed by atoms with Gasteiger partial charge in [-0.1, -0.05) is 13.0 Å². The lowest BCUT2D eigenvalue weighted by Crippen LogP contribution is -2.10. The van der Waals surface area contributed by atoms with Crippen molar-refractivity contribution in [2.75, 3.05) is 12.4 Å². The summed E-state index contributed by atoms with van der Waals surface area (Å²) in [7, 11) is 1.33. The Bertz CT molecular complexity index is 680. The summed E-state index contributed by atoms with van der Waals surface area (Å²) >= 11 is 0. The fraction of sp³-hybridized carbons (Fsp3) is 0.222. The first-order valence-corrected chi connectivity index (χ1v) is 7.38. The number of nitrogens with one attached hydrogen (secondary N) is 1. The molecule has 0 spiro atoms. The van der Waals surface area contributed by atoms with Crippen molar-refractivity contribution in [2.45, 2.75) is 19.8 Å². The Labute approximate surface area is 135 Å². The lowest BCUT2D eigenvalue weighted by atomic mass is 10.2. The molecule has 0 heterocycles. The van der Waals surface area contributed by atoms with Crippen molar-refractivity contribution >= 4 is 17.6 Å². The van der Waals surface area contributed by atoms with Gasteiger partial charge in [0.2, 0.25) is 5.91 Å². The molecule has 1 N–H and O–H groups in total. The van der Waals surface area contributed by atoms with E-state index in [1.165, 1.54) is 7.11 Å². The average Bonchev–Trinajstić information content (AvgIpc) is 2.56. The molecule has 0 aliphatic rings. The van der Waals surface area contributed by atoms with E-state index in [0.29, 0.717) is 23.5 Å². The Morgan fingerprint density at radius 1 is 1.04 bits per heavy atom. The van der Waals surface area contributed by atoms with Gasteiger partial charge in [0.05, 0.1) is 12.7 Å². The standard InChI is InChI=1S/C18H19NO4/c1-3-5-17(20)19-14-8-10-15(11-9-14)23-16-7-4-6-13(12-16)18(21)22-2/h4,6-12H,3,5H2,1-2H3,(H,19,20). The van der Waals surface area contributed by atoms with Crippen molar-refractivity contribution in [3.8, 4) is 11.5 Å². The maximum absolute atomic E-state index is 11.5. The van der Waals surface area contributed by atoms with Gasteiger partial charge in [0.25, 0.3) is 0 Å². The zero-order chi connectivity index (χ0) is 16.7. The molecule has 5 nitrogen and oxygen atoms in total. The van der Waals surface area contributed by atoms with Gasteiger partial charge in [-0.05, 0) is 48.9 Å². The molecule has 2 aromatic carbocycles. The lowest BCUT2D eigenvalue weighted by Gasteiger charge is -2.09. The first-order valence-electron chi connectivity index (χ1n) is 7.38. The molecule has 0 saturated heterocycles. The number of methoxy groups -OCH3 is 1. The second-order valence-electron chi connectivity index (χ2n) is 4.94. The zero-order valence-electron chi connectivity index (χ0n) is 13.2. The van der Waals surface area contributed by atoms with E-state index in [2.05, 4.69) is 10.1 Å². The third-order valence-electron chi connectivity index (χ3n) is 3.11. The fourth-order valence-corrected chi connectivity index (χ4v) is 2.00. The van der Waals surface area contributed by atoms with Crippen LogP contribution in [0.1, 0.15) is 30.1 Å². The van der Waals surface area contributed by atoms with Crippen molar-refractivity contribution in [2.24, 2.45) is 0 Å². The number of rotatable bonds is 6. The van der Waals surface area contributed by atoms with Crippen LogP contribution in [0.5, 0.6) is 11.5 Å². The Kier molecular flexibility index (Phi) is 5.74. The van der Waals surface area contributed by atoms with Crippen LogP contribution >= 0.6 is 0 Å². The van der Waals surface area contributed by atoms with Crippen molar-refractivity contribution in [3.05, 3.63) is 54.1 Å². The molecule has 0 fully saturated rings. The van der Waals surface area contributed by atoms with Gasteiger partial charge < -0.3 is 14.8 Å². The van der Waals surface area contributed by atoms with Crippen LogP contribution in [0.2, 0.25) is 0 Å². The average molecular weight is 313 g/mol. The van der Waals surface area contributed by atoms with E-state index in [-0.39, 0.29) is 5.91 Å². The second-order valence-corrected chi connectivity index (χ2v) is 4.94. The van der Waals surface area contributed by atoms with E-state index in [0.717, 1.165) is 12.1 Å². The smallest absolute Gasteiger partial charge is 0.337 e. The number of carbonyl (C=O) groups is 2. The number of esters is 1. The van der Waals surface area contributed by atoms with Crippen molar-refractivity contribution < 1.29 is 19.1 Å². The highest BCUT2D eigenvalue weighted by atomic mass is 16.5. The molecule has 0 aromatic heterocycles. The third kappa shape index (κ3) is 4.85. The van der Waals surface area contributed by atoms with E-state index < -0.39 is 5.97 Å². The second kappa shape index (κ2) is 7.98. The predicted octanol–water partition coefficient (Wildman–Crippen LogP) is 4.00. The Hall–Kier alpha value is -2.82. The quantitative estimate of drug-likeness (QED) is 0.819. The fourth-order valence-electron chi connectivity index (χ4n) is 2.00. The zero-order valence-corrected chi connectivity index (χ0v) is 13.2. The van der Waals surface area contributed by atoms with Gasteiger partial charge in [-0.3, -0.25) is 4.79 Å². The van der Waals surface area contributed by atoms with E-state index in [9.17, 15) is 9.59 Å². The number of amides is 1. The maximum Gasteiger partial charge on any atom is 0.337 e. The molecule has 0 unspecified atom stereocenters. The topological polar surface area (TPSA) is 64.6 Å². The summed E-state index contributed by atoms with van der Waals surface area (Å²) in [5, 5.41) is 2.81. The molecule has 0 radical (unpaired) electrons. The molecule has 120 valence electrons. The van der Waals surface area contributed by atoms with E-state index >= 15 is 0 Å². The number of hydrogen-bond donors (Lipinski definition) is 1. The minimum absolute atomic E-state index is 0.00746. The molecule has 1 amide bonds. The van der Waals surface area contributed by atoms with Gasteiger partial charge in [-0.25, -0.2) is 4.79 Å². The lowest BCUT2D eigenvalue weighted by molar-refractivity contribution is -0.116. The Balaban J connectivity index is 2.03. The van der Waals surface area contributed by atoms with Crippen molar-refractivity contribution in [1.29, 1.82) is 0 Å². The molecule has 5 heteroatoms. The highest BCUT2D eigenvalue weighted by molar-refractivity contribution is 5.90. The SMILES string of the molecule is CCCC(=O)Nc1ccc(Oc2cccc(C(=O)OC)c2)cc1. The van der Waals surface area contributed by atoms with Crippen molar-refractivity contribution in [1.82, 2.24) is 0 Å². The largest absolute Gasteiger partial charge is 0.465 e. The minimum Gasteiger partial charge on any atom is -0.465 e. The highest BCUT2D eigenvalue weighted by Gasteiger charge is 2.07. The number of benzene rings is 2. The predicted molar refractivity (Wildman–Crippen MR) is 87.8 cm³/mol. The Morgan fingerprint density at radius 2 is 1.78 bits per heavy atom. The van der Waals surface area contributed by atoms with Crippen LogP contribution in [0.3, 0.4) is 0 Å². The van der Waals surface area contributed by atoms with Crippen LogP contribution in [0, 0.1) is 0 Å². The highest BCUT2D eigenvalue weighted by Crippen LogP contribution is 2.24. The molecular formula is C18H19NO4. The van der Waals surface area contributed by atoms with Crippen LogP contribution in [0.15, 0.2) is 48.5 Å². The van der Waals surface area contributed by atoms with Gasteiger partial charge in [0.1, 0.15) is 11.5 Å². The molecule has 0 atom stereocenters. The maximum atomic E-state index is 11.5. The first-order chi connectivity index (χ1) is 11.1. The molecular weight excluding hydrogens is 294 g/mol. The molecule has 2 rings (SSSR count). The summed E-state index contributed by atoms with van der Waals surface area (Å²) in [6.07, 6.45) is 1.31. The summed E-state index contributed by atoms with van der Waals surface area (Å²) in [5.74, 6) is 0.729. The molecule has 0 bridgehead atoms. The number of ether oxygens (including phenoxy) is 2. The first kappa shape index (κ1) is 16.5. The number of carbonyl (C=O) groups excluding carboxylic acids is 2. The Morgan fingerprint density at radius 3 is 2.43 bits per heavy atom. The van der Waals surface area contributed by atoms with Crippen LogP contribution in [-0.2, 0) is 9.53 Å². The molecule has 23 heavy (non-hydrogen) atoms. The van der Waals surface area contributed by atoms with Crippen LogP contribution in [0.25, 0.3) is 0 Å². The molecule has 0 saturated carbocycles. The van der Waals surface area contributed by atoms with Crippen LogP contribution < -0.4 is 10.1 Å². The number of anilines is 1. The van der Waals surface area contributed by atoms with Gasteiger partial charge in [0, 0.05) is 12.1 Å². The molecule has 0 aliphatic heterocycles. The van der Waals surface area contributed by atoms with E-state index in [4.69, 9.17) is 4.74 Å². The van der Waals surface area contributed by atoms with Crippen LogP contribution in [-0.4, -0.2) is 19.0 Å². The third-order valence-corrected chi connectivity index (χ3v) is 3.11. The summed E-state index contributed by atoms with van der Waals surface area (Å²) in [5.41, 5.74) is 1.15. The molecule has 0 aliphatic carbocycles. The summed E-state index contributed by atoms with van der Waals surface area (Å²) in [6.45, 7) is 1.96. The van der Waals surface area contributed by atoms with E-state index in [1.807, 2.05) is 6.92 Å². The summed E-state index contributed by atoms with van der Waals surface area (Å²) in [6, 6.07) is 13.8. The summed E-state index contributed by atoms with van der Waals surface area (Å²) in [4.78, 5) is 23.0. The van der Waals surface area contributed by atoms with Gasteiger partial charge in [-0.2, -0.15) is 0 Å². The monoisotopic (exact) mass is 313 g/mol.